The second-order valence-corrected chi connectivity index (χ2v) is 8.88. The van der Waals surface area contributed by atoms with Gasteiger partial charge in [-0.25, -0.2) is 4.99 Å². The van der Waals surface area contributed by atoms with Gasteiger partial charge >= 0.3 is 0 Å². The number of hydrogen-bond donors (Lipinski definition) is 2. The Morgan fingerprint density at radius 2 is 1.82 bits per heavy atom. The number of likely N-dealkylation sites (tertiary alicyclic amines) is 1. The first-order valence-electron chi connectivity index (χ1n) is 11.9. The lowest BCUT2D eigenvalue weighted by molar-refractivity contribution is -0.127. The van der Waals surface area contributed by atoms with E-state index < -0.39 is 0 Å². The van der Waals surface area contributed by atoms with Crippen LogP contribution in [0.25, 0.3) is 0 Å². The number of para-hydroxylation sites is 1. The van der Waals surface area contributed by atoms with Crippen LogP contribution in [0.1, 0.15) is 42.5 Å². The number of guanidine groups is 1. The summed E-state index contributed by atoms with van der Waals surface area (Å²) < 4.78 is 5.82. The van der Waals surface area contributed by atoms with Crippen LogP contribution in [0, 0.1) is 0 Å². The molecule has 2 aromatic carbocycles. The van der Waals surface area contributed by atoms with Gasteiger partial charge in [0.05, 0.1) is 18.7 Å². The molecule has 2 aromatic rings. The summed E-state index contributed by atoms with van der Waals surface area (Å²) in [4.78, 5) is 21.0. The number of halogens is 1. The highest BCUT2D eigenvalue weighted by Gasteiger charge is 2.25. The third kappa shape index (κ3) is 6.85. The quantitative estimate of drug-likeness (QED) is 0.299. The van der Waals surface area contributed by atoms with Crippen molar-refractivity contribution in [2.45, 2.75) is 31.3 Å². The maximum absolute atomic E-state index is 12.2. The molecule has 1 fully saturated rings. The summed E-state index contributed by atoms with van der Waals surface area (Å²) in [6.07, 6.45) is 3.31. The molecular weight excluding hydrogens is 541 g/mol. The number of nitrogens with zero attached hydrogens (tertiary/aromatic N) is 3. The van der Waals surface area contributed by atoms with Crippen LogP contribution < -0.4 is 15.4 Å². The van der Waals surface area contributed by atoms with Crippen molar-refractivity contribution in [3.63, 3.8) is 0 Å². The maximum Gasteiger partial charge on any atom is 0.243 e. The number of carbonyl (C=O) groups is 1. The predicted molar refractivity (Wildman–Crippen MR) is 147 cm³/mol. The van der Waals surface area contributed by atoms with Crippen molar-refractivity contribution in [1.82, 2.24) is 20.4 Å². The summed E-state index contributed by atoms with van der Waals surface area (Å²) in [6, 6.07) is 19.1. The molecule has 8 heteroatoms. The van der Waals surface area contributed by atoms with Crippen LogP contribution in [0.3, 0.4) is 0 Å². The van der Waals surface area contributed by atoms with E-state index in [1.54, 1.807) is 19.0 Å². The molecule has 184 valence electrons. The van der Waals surface area contributed by atoms with Crippen molar-refractivity contribution in [1.29, 1.82) is 0 Å². The molecule has 2 atom stereocenters. The van der Waals surface area contributed by atoms with Gasteiger partial charge in [-0.05, 0) is 37.6 Å². The van der Waals surface area contributed by atoms with Crippen molar-refractivity contribution in [3.8, 4) is 5.75 Å². The normalized spacial score (nSPS) is 18.8. The molecular formula is C26H36IN5O2. The van der Waals surface area contributed by atoms with E-state index >= 15 is 0 Å². The van der Waals surface area contributed by atoms with E-state index in [1.165, 1.54) is 18.4 Å². The molecule has 2 heterocycles. The average Bonchev–Trinajstić information content (AvgIpc) is 3.37. The number of ether oxygens (including phenoxy) is 1. The van der Waals surface area contributed by atoms with Crippen LogP contribution in [-0.4, -0.2) is 68.5 Å². The Kier molecular flexibility index (Phi) is 10.0. The first-order chi connectivity index (χ1) is 16.1. The minimum Gasteiger partial charge on any atom is -0.493 e. The van der Waals surface area contributed by atoms with Crippen LogP contribution in [0.2, 0.25) is 0 Å². The average molecular weight is 578 g/mol. The molecule has 1 amide bonds. The lowest BCUT2D eigenvalue weighted by atomic mass is 10.0. The lowest BCUT2D eigenvalue weighted by Crippen LogP contribution is -2.45. The predicted octanol–water partition coefficient (Wildman–Crippen LogP) is 3.59. The maximum atomic E-state index is 12.2. The number of likely N-dealkylation sites (N-methyl/N-ethyl adjacent to an activating group) is 1. The molecule has 0 aromatic heterocycles. The fourth-order valence-electron chi connectivity index (χ4n) is 4.48. The monoisotopic (exact) mass is 577 g/mol. The number of hydrogen-bond acceptors (Lipinski definition) is 4. The molecule has 2 aliphatic rings. The molecule has 0 saturated carbocycles. The Morgan fingerprint density at radius 3 is 2.56 bits per heavy atom. The molecule has 2 aliphatic heterocycles. The van der Waals surface area contributed by atoms with E-state index in [2.05, 4.69) is 56.9 Å². The Hall–Kier alpha value is -2.33. The molecule has 0 aliphatic carbocycles. The number of amides is 1. The number of rotatable bonds is 7. The van der Waals surface area contributed by atoms with Crippen molar-refractivity contribution in [2.75, 3.05) is 46.9 Å². The molecule has 2 N–H and O–H groups in total. The fourth-order valence-corrected chi connectivity index (χ4v) is 4.48. The largest absolute Gasteiger partial charge is 0.493 e. The van der Waals surface area contributed by atoms with Crippen LogP contribution in [0.4, 0.5) is 0 Å². The molecule has 4 rings (SSSR count). The van der Waals surface area contributed by atoms with Gasteiger partial charge in [0.15, 0.2) is 5.96 Å². The smallest absolute Gasteiger partial charge is 0.243 e. The fraction of sp³-hybridized carbons (Fsp3) is 0.462. The second kappa shape index (κ2) is 12.9. The third-order valence-electron chi connectivity index (χ3n) is 6.37. The second-order valence-electron chi connectivity index (χ2n) is 8.88. The zero-order valence-electron chi connectivity index (χ0n) is 20.1. The van der Waals surface area contributed by atoms with Crippen molar-refractivity contribution in [3.05, 3.63) is 65.7 Å². The van der Waals surface area contributed by atoms with Gasteiger partial charge in [0.1, 0.15) is 12.3 Å². The van der Waals surface area contributed by atoms with Gasteiger partial charge in [-0.15, -0.1) is 24.0 Å². The number of nitrogens with one attached hydrogen (secondary N) is 2. The highest BCUT2D eigenvalue weighted by Crippen LogP contribution is 2.31. The highest BCUT2D eigenvalue weighted by molar-refractivity contribution is 14.0. The van der Waals surface area contributed by atoms with E-state index in [0.717, 1.165) is 37.4 Å². The van der Waals surface area contributed by atoms with Crippen LogP contribution in [0.5, 0.6) is 5.75 Å². The summed E-state index contributed by atoms with van der Waals surface area (Å²) >= 11 is 0. The zero-order chi connectivity index (χ0) is 23.0. The van der Waals surface area contributed by atoms with Gasteiger partial charge in [-0.3, -0.25) is 9.69 Å². The third-order valence-corrected chi connectivity index (χ3v) is 6.37. The van der Waals surface area contributed by atoms with Gasteiger partial charge in [-0.2, -0.15) is 0 Å². The topological polar surface area (TPSA) is 69.2 Å². The van der Waals surface area contributed by atoms with Crippen molar-refractivity contribution >= 4 is 35.8 Å². The van der Waals surface area contributed by atoms with E-state index in [0.29, 0.717) is 12.6 Å². The van der Waals surface area contributed by atoms with Crippen LogP contribution in [-0.2, 0) is 4.79 Å². The Bertz CT molecular complexity index is 947. The van der Waals surface area contributed by atoms with Crippen LogP contribution >= 0.6 is 24.0 Å². The lowest BCUT2D eigenvalue weighted by Gasteiger charge is -2.31. The molecule has 0 radical (unpaired) electrons. The minimum atomic E-state index is -0.0253. The number of fused-ring (bicyclic) bond motifs is 1. The van der Waals surface area contributed by atoms with E-state index in [4.69, 9.17) is 4.74 Å². The summed E-state index contributed by atoms with van der Waals surface area (Å²) in [6.45, 7) is 3.68. The number of carbonyl (C=O) groups excluding carboxylic acids is 1. The summed E-state index contributed by atoms with van der Waals surface area (Å²) in [5.41, 5.74) is 2.42. The van der Waals surface area contributed by atoms with Gasteiger partial charge in [-0.1, -0.05) is 48.5 Å². The first-order valence-corrected chi connectivity index (χ1v) is 11.9. The first kappa shape index (κ1) is 26.3. The Balaban J connectivity index is 0.00000324. The Morgan fingerprint density at radius 1 is 1.12 bits per heavy atom. The number of aliphatic imine (C=N–C) groups is 1. The van der Waals surface area contributed by atoms with Gasteiger partial charge in [0.25, 0.3) is 0 Å². The van der Waals surface area contributed by atoms with E-state index in [9.17, 15) is 4.79 Å². The molecule has 0 spiro atoms. The van der Waals surface area contributed by atoms with E-state index in [1.807, 2.05) is 18.2 Å². The summed E-state index contributed by atoms with van der Waals surface area (Å²) in [7, 11) is 3.51. The Labute approximate surface area is 220 Å². The standard InChI is InChI=1S/C26H35N5O2.HI/c1-30(2)25(32)19-28-26(29-22-14-17-33-24-13-7-6-12-21(22)24)27-18-23(31-15-8-9-16-31)20-10-4-3-5-11-20;/h3-7,10-13,22-23H,8-9,14-19H2,1-2H3,(H2,27,28,29);1H. The van der Waals surface area contributed by atoms with Gasteiger partial charge < -0.3 is 20.3 Å². The minimum absolute atomic E-state index is 0. The molecule has 0 bridgehead atoms. The molecule has 1 saturated heterocycles. The van der Waals surface area contributed by atoms with Gasteiger partial charge in [0.2, 0.25) is 5.91 Å². The molecule has 34 heavy (non-hydrogen) atoms. The zero-order valence-corrected chi connectivity index (χ0v) is 22.4. The molecule has 7 nitrogen and oxygen atoms in total. The van der Waals surface area contributed by atoms with Crippen LogP contribution in [0.15, 0.2) is 59.6 Å². The van der Waals surface area contributed by atoms with Crippen molar-refractivity contribution < 1.29 is 9.53 Å². The van der Waals surface area contributed by atoms with E-state index in [-0.39, 0.29) is 48.5 Å². The summed E-state index contributed by atoms with van der Waals surface area (Å²) in [5.74, 6) is 1.54. The van der Waals surface area contributed by atoms with Crippen molar-refractivity contribution in [2.24, 2.45) is 4.99 Å². The SMILES string of the molecule is CN(C)C(=O)CN=C(NCC(c1ccccc1)N1CCCC1)NC1CCOc2ccccc21.I. The molecule has 2 unspecified atom stereocenters. The highest BCUT2D eigenvalue weighted by atomic mass is 127. The number of benzene rings is 2. The summed E-state index contributed by atoms with van der Waals surface area (Å²) in [5, 5.41) is 7.13. The van der Waals surface area contributed by atoms with Gasteiger partial charge in [0, 0.05) is 32.6 Å².